The van der Waals surface area contributed by atoms with Gasteiger partial charge in [-0.3, -0.25) is 9.69 Å². The summed E-state index contributed by atoms with van der Waals surface area (Å²) in [6, 6.07) is 6.88. The molecule has 6 nitrogen and oxygen atoms in total. The van der Waals surface area contributed by atoms with E-state index in [1.807, 2.05) is 0 Å². The van der Waals surface area contributed by atoms with Gasteiger partial charge >= 0.3 is 12.1 Å². The highest BCUT2D eigenvalue weighted by atomic mass is 16.6. The Kier molecular flexibility index (Phi) is 3.33. The Morgan fingerprint density at radius 1 is 1.58 bits per heavy atom. The van der Waals surface area contributed by atoms with Crippen LogP contribution >= 0.6 is 0 Å². The summed E-state index contributed by atoms with van der Waals surface area (Å²) in [7, 11) is 1.53. The molecule has 0 aliphatic carbocycles. The zero-order valence-corrected chi connectivity index (χ0v) is 10.8. The second-order valence-corrected chi connectivity index (χ2v) is 4.66. The number of benzene rings is 1. The first-order valence-electron chi connectivity index (χ1n) is 5.79. The van der Waals surface area contributed by atoms with Crippen LogP contribution in [0.25, 0.3) is 0 Å². The van der Waals surface area contributed by atoms with Crippen molar-refractivity contribution in [1.29, 1.82) is 0 Å². The molecule has 6 heteroatoms. The molecule has 1 fully saturated rings. The average Bonchev–Trinajstić information content (AvgIpc) is 2.64. The SMILES string of the molecule is COc1cccc(N2C(=O)OCC2(C)CC(=O)O)c1. The van der Waals surface area contributed by atoms with Crippen LogP contribution < -0.4 is 9.64 Å². The quantitative estimate of drug-likeness (QED) is 0.899. The summed E-state index contributed by atoms with van der Waals surface area (Å²) in [5.74, 6) is -0.386. The number of ether oxygens (including phenoxy) is 2. The van der Waals surface area contributed by atoms with E-state index in [4.69, 9.17) is 14.6 Å². The molecule has 1 saturated heterocycles. The van der Waals surface area contributed by atoms with Crippen molar-refractivity contribution in [2.45, 2.75) is 18.9 Å². The molecule has 1 atom stereocenters. The van der Waals surface area contributed by atoms with Gasteiger partial charge in [0.15, 0.2) is 0 Å². The first kappa shape index (κ1) is 13.2. The van der Waals surface area contributed by atoms with Gasteiger partial charge in [0, 0.05) is 6.07 Å². The van der Waals surface area contributed by atoms with Crippen molar-refractivity contribution in [1.82, 2.24) is 0 Å². The van der Waals surface area contributed by atoms with Gasteiger partial charge < -0.3 is 14.6 Å². The van der Waals surface area contributed by atoms with Crippen LogP contribution in [0.2, 0.25) is 0 Å². The van der Waals surface area contributed by atoms with Crippen molar-refractivity contribution in [3.8, 4) is 5.75 Å². The molecular weight excluding hydrogens is 250 g/mol. The predicted molar refractivity (Wildman–Crippen MR) is 67.5 cm³/mol. The summed E-state index contributed by atoms with van der Waals surface area (Å²) < 4.78 is 10.1. The lowest BCUT2D eigenvalue weighted by Crippen LogP contribution is -2.46. The van der Waals surface area contributed by atoms with Crippen molar-refractivity contribution in [2.24, 2.45) is 0 Å². The van der Waals surface area contributed by atoms with Crippen molar-refractivity contribution in [3.63, 3.8) is 0 Å². The Bertz CT molecular complexity index is 516. The Morgan fingerprint density at radius 2 is 2.32 bits per heavy atom. The highest BCUT2D eigenvalue weighted by Gasteiger charge is 2.46. The lowest BCUT2D eigenvalue weighted by atomic mass is 9.97. The fraction of sp³-hybridized carbons (Fsp3) is 0.385. The molecule has 19 heavy (non-hydrogen) atoms. The Morgan fingerprint density at radius 3 is 2.95 bits per heavy atom. The van der Waals surface area contributed by atoms with Gasteiger partial charge in [-0.1, -0.05) is 6.07 Å². The number of aliphatic carboxylic acids is 1. The molecule has 102 valence electrons. The number of carbonyl (C=O) groups is 2. The minimum absolute atomic E-state index is 0.0509. The van der Waals surface area contributed by atoms with E-state index in [-0.39, 0.29) is 13.0 Å². The lowest BCUT2D eigenvalue weighted by molar-refractivity contribution is -0.138. The van der Waals surface area contributed by atoms with Crippen LogP contribution in [0.3, 0.4) is 0 Å². The topological polar surface area (TPSA) is 76.1 Å². The van der Waals surface area contributed by atoms with Crippen molar-refractivity contribution < 1.29 is 24.2 Å². The van der Waals surface area contributed by atoms with E-state index < -0.39 is 17.6 Å². The van der Waals surface area contributed by atoms with E-state index in [0.717, 1.165) is 0 Å². The number of carbonyl (C=O) groups excluding carboxylic acids is 1. The van der Waals surface area contributed by atoms with E-state index >= 15 is 0 Å². The van der Waals surface area contributed by atoms with Gasteiger partial charge in [0.05, 0.1) is 24.8 Å². The van der Waals surface area contributed by atoms with Gasteiger partial charge in [-0.25, -0.2) is 4.79 Å². The fourth-order valence-electron chi connectivity index (χ4n) is 2.19. The van der Waals surface area contributed by atoms with Gasteiger partial charge in [0.1, 0.15) is 12.4 Å². The number of methoxy groups -OCH3 is 1. The summed E-state index contributed by atoms with van der Waals surface area (Å²) in [4.78, 5) is 24.2. The van der Waals surface area contributed by atoms with Gasteiger partial charge in [0.2, 0.25) is 0 Å². The van der Waals surface area contributed by atoms with Crippen LogP contribution in [-0.2, 0) is 9.53 Å². The summed E-state index contributed by atoms with van der Waals surface area (Å²) >= 11 is 0. The number of hydrogen-bond donors (Lipinski definition) is 1. The summed E-state index contributed by atoms with van der Waals surface area (Å²) in [5, 5.41) is 8.97. The maximum absolute atomic E-state index is 11.8. The van der Waals surface area contributed by atoms with E-state index in [0.29, 0.717) is 11.4 Å². The molecule has 1 aliphatic rings. The lowest BCUT2D eigenvalue weighted by Gasteiger charge is -2.30. The maximum atomic E-state index is 11.8. The Balaban J connectivity index is 2.38. The van der Waals surface area contributed by atoms with Crippen LogP contribution in [0.5, 0.6) is 5.75 Å². The first-order chi connectivity index (χ1) is 8.96. The smallest absolute Gasteiger partial charge is 0.415 e. The van der Waals surface area contributed by atoms with Gasteiger partial charge in [-0.15, -0.1) is 0 Å². The molecule has 1 N–H and O–H groups in total. The number of carboxylic acid groups (broad SMARTS) is 1. The summed E-state index contributed by atoms with van der Waals surface area (Å²) in [6.45, 7) is 1.74. The molecule has 0 saturated carbocycles. The highest BCUT2D eigenvalue weighted by molar-refractivity contribution is 5.92. The summed E-state index contributed by atoms with van der Waals surface area (Å²) in [5.41, 5.74) is -0.333. The average molecular weight is 265 g/mol. The molecule has 1 aromatic carbocycles. The number of anilines is 1. The molecular formula is C13H15NO5. The van der Waals surface area contributed by atoms with Crippen LogP contribution in [0.1, 0.15) is 13.3 Å². The third-order valence-corrected chi connectivity index (χ3v) is 3.07. The molecule has 0 bridgehead atoms. The maximum Gasteiger partial charge on any atom is 0.415 e. The van der Waals surface area contributed by atoms with Gasteiger partial charge in [0.25, 0.3) is 0 Å². The molecule has 2 rings (SSSR count). The number of hydrogen-bond acceptors (Lipinski definition) is 4. The number of cyclic esters (lactones) is 1. The second-order valence-electron chi connectivity index (χ2n) is 4.66. The van der Waals surface area contributed by atoms with Gasteiger partial charge in [-0.2, -0.15) is 0 Å². The Labute approximate surface area is 110 Å². The number of nitrogens with zero attached hydrogens (tertiary/aromatic N) is 1. The highest BCUT2D eigenvalue weighted by Crippen LogP contribution is 2.34. The zero-order chi connectivity index (χ0) is 14.0. The third kappa shape index (κ3) is 2.47. The number of amides is 1. The predicted octanol–water partition coefficient (Wildman–Crippen LogP) is 1.89. The van der Waals surface area contributed by atoms with E-state index in [1.165, 1.54) is 12.0 Å². The van der Waals surface area contributed by atoms with Crippen molar-refractivity contribution in [3.05, 3.63) is 24.3 Å². The Hall–Kier alpha value is -2.24. The molecule has 1 aliphatic heterocycles. The van der Waals surface area contributed by atoms with Crippen molar-refractivity contribution >= 4 is 17.7 Å². The number of carboxylic acids is 1. The third-order valence-electron chi connectivity index (χ3n) is 3.07. The fourth-order valence-corrected chi connectivity index (χ4v) is 2.19. The minimum Gasteiger partial charge on any atom is -0.497 e. The molecule has 0 aromatic heterocycles. The molecule has 0 spiro atoms. The van der Waals surface area contributed by atoms with Crippen LogP contribution in [0.15, 0.2) is 24.3 Å². The van der Waals surface area contributed by atoms with Crippen LogP contribution in [0.4, 0.5) is 10.5 Å². The normalized spacial score (nSPS) is 22.2. The minimum atomic E-state index is -0.978. The number of rotatable bonds is 4. The molecule has 1 aromatic rings. The monoisotopic (exact) mass is 265 g/mol. The standard InChI is InChI=1S/C13H15NO5/c1-13(7-11(15)16)8-19-12(17)14(13)9-4-3-5-10(6-9)18-2/h3-6H,7-8H2,1-2H3,(H,15,16). The van der Waals surface area contributed by atoms with E-state index in [9.17, 15) is 9.59 Å². The molecule has 0 radical (unpaired) electrons. The van der Waals surface area contributed by atoms with Crippen LogP contribution in [0, 0.1) is 0 Å². The molecule has 1 heterocycles. The first-order valence-corrected chi connectivity index (χ1v) is 5.79. The summed E-state index contributed by atoms with van der Waals surface area (Å²) in [6.07, 6.45) is -0.729. The van der Waals surface area contributed by atoms with Crippen LogP contribution in [-0.4, -0.2) is 36.4 Å². The molecule has 1 unspecified atom stereocenters. The molecule has 1 amide bonds. The second kappa shape index (κ2) is 4.79. The zero-order valence-electron chi connectivity index (χ0n) is 10.8. The van der Waals surface area contributed by atoms with E-state index in [1.54, 1.807) is 31.2 Å². The van der Waals surface area contributed by atoms with Crippen molar-refractivity contribution in [2.75, 3.05) is 18.6 Å². The van der Waals surface area contributed by atoms with E-state index in [2.05, 4.69) is 0 Å². The van der Waals surface area contributed by atoms with Gasteiger partial charge in [-0.05, 0) is 19.1 Å². The largest absolute Gasteiger partial charge is 0.497 e.